The maximum atomic E-state index is 13.7. The maximum absolute atomic E-state index is 13.7. The molecule has 0 amide bonds. The molecular weight excluding hydrogens is 261 g/mol. The Morgan fingerprint density at radius 2 is 2.06 bits per heavy atom. The summed E-state index contributed by atoms with van der Waals surface area (Å²) in [5.74, 6) is -0.768. The van der Waals surface area contributed by atoms with Gasteiger partial charge in [-0.2, -0.15) is 0 Å². The Hall–Kier alpha value is -0.720. The second kappa shape index (κ2) is 6.88. The van der Waals surface area contributed by atoms with Crippen LogP contribution in [-0.2, 0) is 0 Å². The van der Waals surface area contributed by atoms with Gasteiger partial charge in [0.25, 0.3) is 0 Å². The molecule has 4 heteroatoms. The minimum Gasteiger partial charge on any atom is -0.207 e. The lowest BCUT2D eigenvalue weighted by Crippen LogP contribution is -2.04. The first-order valence-electron chi connectivity index (χ1n) is 5.34. The molecular formula is C13H14ClF2P. The van der Waals surface area contributed by atoms with Crippen LogP contribution in [0.15, 0.2) is 47.6 Å². The van der Waals surface area contributed by atoms with Crippen LogP contribution in [0.2, 0.25) is 0 Å². The van der Waals surface area contributed by atoms with Gasteiger partial charge in [0.1, 0.15) is 11.6 Å². The second-order valence-electron chi connectivity index (χ2n) is 3.37. The van der Waals surface area contributed by atoms with Crippen molar-refractivity contribution in [2.24, 2.45) is 0 Å². The lowest BCUT2D eigenvalue weighted by Gasteiger charge is -2.13. The Morgan fingerprint density at radius 1 is 1.41 bits per heavy atom. The van der Waals surface area contributed by atoms with Crippen LogP contribution >= 0.6 is 18.5 Å². The molecule has 1 unspecified atom stereocenters. The van der Waals surface area contributed by atoms with Gasteiger partial charge in [0.2, 0.25) is 0 Å². The van der Waals surface area contributed by atoms with Gasteiger partial charge in [-0.1, -0.05) is 48.5 Å². The molecule has 0 aromatic heterocycles. The third kappa shape index (κ3) is 3.62. The Bertz CT molecular complexity index is 441. The number of hydrogen-bond acceptors (Lipinski definition) is 0. The fourth-order valence-corrected chi connectivity index (χ4v) is 3.61. The molecule has 0 saturated heterocycles. The molecule has 0 saturated carbocycles. The van der Waals surface area contributed by atoms with Crippen molar-refractivity contribution >= 4 is 23.8 Å². The average molecular weight is 275 g/mol. The van der Waals surface area contributed by atoms with E-state index in [0.29, 0.717) is 17.0 Å². The molecule has 0 fully saturated rings. The van der Waals surface area contributed by atoms with Crippen molar-refractivity contribution in [3.05, 3.63) is 53.4 Å². The van der Waals surface area contributed by atoms with Gasteiger partial charge in [-0.3, -0.25) is 0 Å². The smallest absolute Gasteiger partial charge is 0.132 e. The quantitative estimate of drug-likeness (QED) is 0.519. The summed E-state index contributed by atoms with van der Waals surface area (Å²) in [6, 6.07) is 6.23. The fraction of sp³-hybridized carbons (Fsp3) is 0.231. The average Bonchev–Trinajstić information content (AvgIpc) is 2.35. The van der Waals surface area contributed by atoms with Crippen LogP contribution in [0.3, 0.4) is 0 Å². The van der Waals surface area contributed by atoms with Crippen molar-refractivity contribution < 1.29 is 8.78 Å². The standard InChI is InChI=1S/C13H14ClF2P/c1-3-7-12(10(15)4-2)17(14)13-9-6-5-8-11(13)16/h4-9H,3H2,1-2H3/b10-4+,12-7+. The van der Waals surface area contributed by atoms with Crippen molar-refractivity contribution in [1.82, 2.24) is 0 Å². The Labute approximate surface area is 107 Å². The predicted octanol–water partition coefficient (Wildman–Crippen LogP) is 5.25. The molecule has 0 nitrogen and oxygen atoms in total. The summed E-state index contributed by atoms with van der Waals surface area (Å²) in [7, 11) is -1.50. The van der Waals surface area contributed by atoms with Crippen LogP contribution in [0.4, 0.5) is 8.78 Å². The molecule has 0 radical (unpaired) electrons. The summed E-state index contributed by atoms with van der Waals surface area (Å²) in [4.78, 5) is 0. The van der Waals surface area contributed by atoms with E-state index in [2.05, 4.69) is 0 Å². The van der Waals surface area contributed by atoms with E-state index in [4.69, 9.17) is 11.2 Å². The Balaban J connectivity index is 3.14. The Morgan fingerprint density at radius 3 is 2.59 bits per heavy atom. The molecule has 17 heavy (non-hydrogen) atoms. The van der Waals surface area contributed by atoms with Crippen LogP contribution in [-0.4, -0.2) is 0 Å². The first-order chi connectivity index (χ1) is 8.11. The van der Waals surface area contributed by atoms with Crippen LogP contribution in [0, 0.1) is 5.82 Å². The first-order valence-corrected chi connectivity index (χ1v) is 7.59. The van der Waals surface area contributed by atoms with E-state index < -0.39 is 7.27 Å². The van der Waals surface area contributed by atoms with E-state index in [1.165, 1.54) is 12.1 Å². The highest BCUT2D eigenvalue weighted by Gasteiger charge is 2.19. The van der Waals surface area contributed by atoms with Gasteiger partial charge in [-0.05, 0) is 19.4 Å². The molecule has 1 aromatic rings. The van der Waals surface area contributed by atoms with Gasteiger partial charge in [0.05, 0.1) is 7.27 Å². The summed E-state index contributed by atoms with van der Waals surface area (Å²) in [6.45, 7) is 3.49. The highest BCUT2D eigenvalue weighted by atomic mass is 35.7. The highest BCUT2D eigenvalue weighted by molar-refractivity contribution is 7.93. The molecule has 0 bridgehead atoms. The van der Waals surface area contributed by atoms with Crippen molar-refractivity contribution in [1.29, 1.82) is 0 Å². The third-order valence-corrected chi connectivity index (χ3v) is 4.87. The van der Waals surface area contributed by atoms with Crippen molar-refractivity contribution in [3.63, 3.8) is 0 Å². The van der Waals surface area contributed by atoms with E-state index in [0.717, 1.165) is 0 Å². The Kier molecular flexibility index (Phi) is 5.80. The van der Waals surface area contributed by atoms with Crippen molar-refractivity contribution in [3.8, 4) is 0 Å². The largest absolute Gasteiger partial charge is 0.207 e. The highest BCUT2D eigenvalue weighted by Crippen LogP contribution is 2.52. The van der Waals surface area contributed by atoms with Gasteiger partial charge in [0.15, 0.2) is 0 Å². The molecule has 0 N–H and O–H groups in total. The molecule has 1 aromatic carbocycles. The summed E-state index contributed by atoms with van der Waals surface area (Å²) >= 11 is 6.21. The number of allylic oxidation sites excluding steroid dienone is 4. The summed E-state index contributed by atoms with van der Waals surface area (Å²) in [6.07, 6.45) is 3.72. The zero-order chi connectivity index (χ0) is 12.8. The summed E-state index contributed by atoms with van der Waals surface area (Å²) in [5, 5.41) is 0.748. The van der Waals surface area contributed by atoms with Gasteiger partial charge < -0.3 is 0 Å². The van der Waals surface area contributed by atoms with Gasteiger partial charge in [0, 0.05) is 10.6 Å². The van der Waals surface area contributed by atoms with Crippen molar-refractivity contribution in [2.75, 3.05) is 0 Å². The zero-order valence-corrected chi connectivity index (χ0v) is 11.4. The topological polar surface area (TPSA) is 0 Å². The molecule has 92 valence electrons. The van der Waals surface area contributed by atoms with E-state index in [9.17, 15) is 8.78 Å². The van der Waals surface area contributed by atoms with Crippen LogP contribution in [0.5, 0.6) is 0 Å². The number of hydrogen-bond donors (Lipinski definition) is 0. The minimum absolute atomic E-state index is 0.362. The number of benzene rings is 1. The van der Waals surface area contributed by atoms with Gasteiger partial charge >= 0.3 is 0 Å². The lowest BCUT2D eigenvalue weighted by atomic mass is 10.3. The lowest BCUT2D eigenvalue weighted by molar-refractivity contribution is 0.636. The molecule has 0 heterocycles. The molecule has 0 aliphatic heterocycles. The molecule has 0 aliphatic rings. The molecule has 1 atom stereocenters. The van der Waals surface area contributed by atoms with E-state index >= 15 is 0 Å². The fourth-order valence-electron chi connectivity index (χ4n) is 1.35. The van der Waals surface area contributed by atoms with E-state index in [1.54, 1.807) is 31.2 Å². The van der Waals surface area contributed by atoms with E-state index in [-0.39, 0.29) is 11.6 Å². The summed E-state index contributed by atoms with van der Waals surface area (Å²) < 4.78 is 27.2. The zero-order valence-electron chi connectivity index (χ0n) is 9.75. The first kappa shape index (κ1) is 14.3. The summed E-state index contributed by atoms with van der Waals surface area (Å²) in [5.41, 5.74) is 0. The molecule has 0 aliphatic carbocycles. The normalized spacial score (nSPS) is 14.9. The molecule has 0 spiro atoms. The van der Waals surface area contributed by atoms with E-state index in [1.807, 2.05) is 6.92 Å². The number of rotatable bonds is 4. The second-order valence-corrected chi connectivity index (χ2v) is 5.91. The minimum atomic E-state index is -1.50. The monoisotopic (exact) mass is 274 g/mol. The van der Waals surface area contributed by atoms with Gasteiger partial charge in [-0.25, -0.2) is 8.78 Å². The SMILES string of the molecule is C/C=C(F)\C(=C/CC)P(Cl)c1ccccc1F. The van der Waals surface area contributed by atoms with Crippen LogP contribution in [0.1, 0.15) is 20.3 Å². The van der Waals surface area contributed by atoms with Gasteiger partial charge in [-0.15, -0.1) is 0 Å². The maximum Gasteiger partial charge on any atom is 0.132 e. The predicted molar refractivity (Wildman–Crippen MR) is 72.0 cm³/mol. The van der Waals surface area contributed by atoms with Crippen LogP contribution in [0.25, 0.3) is 0 Å². The molecule has 1 rings (SSSR count). The third-order valence-electron chi connectivity index (χ3n) is 2.17. The van der Waals surface area contributed by atoms with Crippen molar-refractivity contribution in [2.45, 2.75) is 20.3 Å². The number of halogens is 3. The van der Waals surface area contributed by atoms with Crippen LogP contribution < -0.4 is 5.30 Å².